The topological polar surface area (TPSA) is 153 Å². The predicted octanol–water partition coefficient (Wildman–Crippen LogP) is 1.64. The molecule has 0 radical (unpaired) electrons. The Morgan fingerprint density at radius 1 is 1.30 bits per heavy atom. The van der Waals surface area contributed by atoms with Gasteiger partial charge in [-0.1, -0.05) is 0 Å². The number of nitrogens with one attached hydrogen (secondary N) is 1. The van der Waals surface area contributed by atoms with Gasteiger partial charge in [-0.15, -0.1) is 0 Å². The Hall–Kier alpha value is -3.46. The molecule has 0 bridgehead atoms. The zero-order chi connectivity index (χ0) is 21.9. The summed E-state index contributed by atoms with van der Waals surface area (Å²) in [6.45, 7) is 1.63. The highest BCUT2D eigenvalue weighted by Crippen LogP contribution is 2.39. The second-order valence-corrected chi connectivity index (χ2v) is 7.34. The van der Waals surface area contributed by atoms with Gasteiger partial charge in [0.1, 0.15) is 5.84 Å². The van der Waals surface area contributed by atoms with E-state index in [-0.39, 0.29) is 18.2 Å². The van der Waals surface area contributed by atoms with E-state index in [1.807, 2.05) is 0 Å². The van der Waals surface area contributed by atoms with Gasteiger partial charge in [-0.3, -0.25) is 19.8 Å². The lowest BCUT2D eigenvalue weighted by molar-refractivity contribution is -0.159. The summed E-state index contributed by atoms with van der Waals surface area (Å²) in [5.41, 5.74) is 12.4. The number of nitrogens with two attached hydrogens (primary N) is 2. The summed E-state index contributed by atoms with van der Waals surface area (Å²) in [5.74, 6) is -2.57. The third-order valence-electron chi connectivity index (χ3n) is 5.30. The zero-order valence-electron chi connectivity index (χ0n) is 16.6. The van der Waals surface area contributed by atoms with Crippen molar-refractivity contribution in [1.82, 2.24) is 0 Å². The number of furan rings is 1. The first-order chi connectivity index (χ1) is 14.2. The number of benzene rings is 1. The quantitative estimate of drug-likeness (QED) is 0.282. The molecule has 1 aliphatic heterocycles. The molecule has 0 spiro atoms. The van der Waals surface area contributed by atoms with Crippen molar-refractivity contribution in [3.05, 3.63) is 54.0 Å². The fraction of sp³-hybridized carbons (Fsp3) is 0.333. The molecule has 158 valence electrons. The number of anilines is 1. The lowest BCUT2D eigenvalue weighted by atomic mass is 9.73. The molecule has 2 heterocycles. The number of carbonyl (C=O) groups is 3. The highest BCUT2D eigenvalue weighted by atomic mass is 16.6. The van der Waals surface area contributed by atoms with E-state index in [0.717, 1.165) is 6.92 Å². The van der Waals surface area contributed by atoms with E-state index in [4.69, 9.17) is 21.3 Å². The number of nitrogens with zero attached hydrogens (tertiary/aromatic N) is 1. The van der Waals surface area contributed by atoms with Gasteiger partial charge in [0.2, 0.25) is 5.91 Å². The van der Waals surface area contributed by atoms with Crippen molar-refractivity contribution in [3.63, 3.8) is 0 Å². The summed E-state index contributed by atoms with van der Waals surface area (Å²) in [5, 5.41) is 7.50. The zero-order valence-corrected chi connectivity index (χ0v) is 16.6. The first-order valence-corrected chi connectivity index (χ1v) is 9.51. The third-order valence-corrected chi connectivity index (χ3v) is 5.30. The van der Waals surface area contributed by atoms with Gasteiger partial charge in [0.05, 0.1) is 30.4 Å². The van der Waals surface area contributed by atoms with Gasteiger partial charge in [-0.05, 0) is 43.2 Å². The van der Waals surface area contributed by atoms with Crippen LogP contribution >= 0.6 is 0 Å². The Morgan fingerprint density at radius 3 is 2.57 bits per heavy atom. The van der Waals surface area contributed by atoms with Crippen LogP contribution in [-0.2, 0) is 24.7 Å². The van der Waals surface area contributed by atoms with Crippen LogP contribution in [0.4, 0.5) is 5.69 Å². The summed E-state index contributed by atoms with van der Waals surface area (Å²) in [4.78, 5) is 38.5. The fourth-order valence-corrected chi connectivity index (χ4v) is 3.82. The van der Waals surface area contributed by atoms with Gasteiger partial charge in [-0.25, -0.2) is 0 Å². The summed E-state index contributed by atoms with van der Waals surface area (Å²) in [6.07, 6.45) is 3.60. The molecule has 2 aromatic rings. The van der Waals surface area contributed by atoms with Gasteiger partial charge >= 0.3 is 11.9 Å². The minimum Gasteiger partial charge on any atom is -0.472 e. The number of hydrogen-bond donors (Lipinski definition) is 3. The molecule has 0 aliphatic carbocycles. The molecule has 30 heavy (non-hydrogen) atoms. The highest BCUT2D eigenvalue weighted by molar-refractivity contribution is 5.99. The molecule has 3 rings (SSSR count). The molecule has 0 saturated carbocycles. The van der Waals surface area contributed by atoms with Crippen molar-refractivity contribution in [3.8, 4) is 0 Å². The smallest absolute Gasteiger partial charge is 0.315 e. The molecule has 9 nitrogen and oxygen atoms in total. The van der Waals surface area contributed by atoms with Crippen LogP contribution in [-0.4, -0.2) is 30.2 Å². The molecular formula is C21H24N4O5. The van der Waals surface area contributed by atoms with Crippen molar-refractivity contribution >= 4 is 29.4 Å². The normalized spacial score (nSPS) is 18.5. The van der Waals surface area contributed by atoms with Crippen molar-refractivity contribution in [1.29, 1.82) is 5.41 Å². The second kappa shape index (κ2) is 8.50. The Morgan fingerprint density at radius 2 is 2.00 bits per heavy atom. The molecule has 2 atom stereocenters. The molecule has 9 heteroatoms. The molecular weight excluding hydrogens is 388 g/mol. The van der Waals surface area contributed by atoms with E-state index in [0.29, 0.717) is 36.2 Å². The van der Waals surface area contributed by atoms with Crippen LogP contribution in [0.5, 0.6) is 0 Å². The highest BCUT2D eigenvalue weighted by Gasteiger charge is 2.47. The summed E-state index contributed by atoms with van der Waals surface area (Å²) >= 11 is 0. The molecule has 2 unspecified atom stereocenters. The maximum atomic E-state index is 13.4. The van der Waals surface area contributed by atoms with E-state index in [2.05, 4.69) is 4.74 Å². The average Bonchev–Trinajstić information content (AvgIpc) is 3.23. The van der Waals surface area contributed by atoms with Gasteiger partial charge < -0.3 is 25.5 Å². The van der Waals surface area contributed by atoms with Crippen LogP contribution < -0.4 is 16.4 Å². The van der Waals surface area contributed by atoms with Gasteiger partial charge in [0.15, 0.2) is 0 Å². The number of ether oxygens (including phenoxy) is 1. The number of amides is 1. The standard InChI is InChI=1S/C21H24N4O5/c1-13(26)30-18(27)11-21(24,15-8-10-29-12-15)17-3-2-9-25(20(17)28)16-6-4-14(5-7-16)19(22)23/h4-8,10,12,17H,2-3,9,11,24H2,1H3,(H3,22,23). The lowest BCUT2D eigenvalue weighted by Crippen LogP contribution is -2.55. The largest absolute Gasteiger partial charge is 0.472 e. The summed E-state index contributed by atoms with van der Waals surface area (Å²) in [6, 6.07) is 8.39. The molecule has 1 aliphatic rings. The van der Waals surface area contributed by atoms with Crippen LogP contribution in [0.3, 0.4) is 0 Å². The van der Waals surface area contributed by atoms with E-state index >= 15 is 0 Å². The van der Waals surface area contributed by atoms with Crippen molar-refractivity contribution in [2.45, 2.75) is 31.7 Å². The maximum absolute atomic E-state index is 13.4. The van der Waals surface area contributed by atoms with E-state index < -0.39 is 23.4 Å². The predicted molar refractivity (Wildman–Crippen MR) is 108 cm³/mol. The molecule has 1 fully saturated rings. The number of rotatable bonds is 6. The number of nitrogen functional groups attached to an aromatic ring is 1. The number of piperidine rings is 1. The SMILES string of the molecule is CC(=O)OC(=O)CC(N)(c1ccoc1)C1CCCN(c2ccc(C(=N)N)cc2)C1=O. The summed E-state index contributed by atoms with van der Waals surface area (Å²) in [7, 11) is 0. The van der Waals surface area contributed by atoms with Crippen LogP contribution in [0.2, 0.25) is 0 Å². The first-order valence-electron chi connectivity index (χ1n) is 9.51. The van der Waals surface area contributed by atoms with E-state index in [1.165, 1.54) is 12.5 Å². The van der Waals surface area contributed by atoms with Crippen molar-refractivity contribution in [2.24, 2.45) is 17.4 Å². The Bertz CT molecular complexity index is 954. The fourth-order valence-electron chi connectivity index (χ4n) is 3.82. The minimum atomic E-state index is -1.39. The average molecular weight is 412 g/mol. The minimum absolute atomic E-state index is 0.0608. The van der Waals surface area contributed by atoms with Gasteiger partial charge in [0, 0.05) is 30.3 Å². The van der Waals surface area contributed by atoms with Crippen molar-refractivity contribution < 1.29 is 23.5 Å². The Balaban J connectivity index is 1.91. The number of amidine groups is 1. The molecule has 1 aromatic carbocycles. The number of hydrogen-bond acceptors (Lipinski definition) is 7. The molecule has 5 N–H and O–H groups in total. The van der Waals surface area contributed by atoms with Crippen LogP contribution in [0, 0.1) is 11.3 Å². The number of carbonyl (C=O) groups excluding carboxylic acids is 3. The Kier molecular flexibility index (Phi) is 6.02. The third kappa shape index (κ3) is 4.25. The van der Waals surface area contributed by atoms with E-state index in [1.54, 1.807) is 35.2 Å². The molecule has 1 saturated heterocycles. The van der Waals surface area contributed by atoms with Crippen molar-refractivity contribution in [2.75, 3.05) is 11.4 Å². The molecule has 1 aromatic heterocycles. The first kappa shape index (κ1) is 21.3. The lowest BCUT2D eigenvalue weighted by Gasteiger charge is -2.41. The van der Waals surface area contributed by atoms with Crippen LogP contribution in [0.25, 0.3) is 0 Å². The number of esters is 2. The van der Waals surface area contributed by atoms with E-state index in [9.17, 15) is 14.4 Å². The maximum Gasteiger partial charge on any atom is 0.315 e. The second-order valence-electron chi connectivity index (χ2n) is 7.34. The summed E-state index contributed by atoms with van der Waals surface area (Å²) < 4.78 is 9.81. The Labute approximate surface area is 173 Å². The van der Waals surface area contributed by atoms with Crippen LogP contribution in [0.15, 0.2) is 47.3 Å². The van der Waals surface area contributed by atoms with Crippen LogP contribution in [0.1, 0.15) is 37.3 Å². The monoisotopic (exact) mass is 412 g/mol. The molecule has 1 amide bonds. The van der Waals surface area contributed by atoms with Gasteiger partial charge in [0.25, 0.3) is 0 Å². The van der Waals surface area contributed by atoms with Gasteiger partial charge in [-0.2, -0.15) is 0 Å².